The molecule has 2 rings (SSSR count). The van der Waals surface area contributed by atoms with Gasteiger partial charge in [0, 0.05) is 0 Å². The van der Waals surface area contributed by atoms with Gasteiger partial charge in [-0.15, -0.1) is 0 Å². The van der Waals surface area contributed by atoms with E-state index in [4.69, 9.17) is 0 Å². The van der Waals surface area contributed by atoms with Gasteiger partial charge in [0.1, 0.15) is 6.29 Å². The molecular weight excluding hydrogens is 272 g/mol. The normalized spacial score (nSPS) is 41.8. The van der Waals surface area contributed by atoms with Crippen LogP contribution in [0.4, 0.5) is 0 Å². The van der Waals surface area contributed by atoms with E-state index in [0.717, 1.165) is 37.5 Å². The zero-order valence-corrected chi connectivity index (χ0v) is 15.1. The molecule has 0 amide bonds. The van der Waals surface area contributed by atoms with E-state index in [-0.39, 0.29) is 5.41 Å². The molecule has 0 aromatic rings. The number of aldehydes is 1. The van der Waals surface area contributed by atoms with Crippen molar-refractivity contribution >= 4 is 6.29 Å². The van der Waals surface area contributed by atoms with Gasteiger partial charge in [0.15, 0.2) is 0 Å². The fourth-order valence-corrected chi connectivity index (χ4v) is 5.84. The molecule has 2 aliphatic carbocycles. The summed E-state index contributed by atoms with van der Waals surface area (Å²) in [5.74, 6) is 1.03. The molecule has 1 unspecified atom stereocenters. The van der Waals surface area contributed by atoms with Crippen molar-refractivity contribution in [3.05, 3.63) is 11.6 Å². The molecule has 0 aliphatic heterocycles. The Morgan fingerprint density at radius 2 is 1.86 bits per heavy atom. The lowest BCUT2D eigenvalue weighted by Crippen LogP contribution is -2.57. The van der Waals surface area contributed by atoms with E-state index >= 15 is 0 Å². The van der Waals surface area contributed by atoms with Crippen LogP contribution in [-0.2, 0) is 4.79 Å². The van der Waals surface area contributed by atoms with Gasteiger partial charge in [-0.1, -0.05) is 32.8 Å². The number of fused-ring (bicyclic) bond motifs is 1. The Bertz CT molecular complexity index is 447. The van der Waals surface area contributed by atoms with E-state index < -0.39 is 5.60 Å². The SMILES string of the molecule is C/C(=C\C=O)CC[C@H]1[C@@](C)(O)CCC2C(C)(C)CCC[C@@]21C. The first-order valence-corrected chi connectivity index (χ1v) is 8.97. The van der Waals surface area contributed by atoms with Gasteiger partial charge in [-0.05, 0) is 81.1 Å². The Hall–Kier alpha value is -0.630. The van der Waals surface area contributed by atoms with E-state index in [0.29, 0.717) is 17.3 Å². The number of aliphatic hydroxyl groups is 1. The van der Waals surface area contributed by atoms with Gasteiger partial charge in [0.25, 0.3) is 0 Å². The van der Waals surface area contributed by atoms with Crippen molar-refractivity contribution in [2.24, 2.45) is 22.7 Å². The van der Waals surface area contributed by atoms with E-state index in [1.165, 1.54) is 19.3 Å². The summed E-state index contributed by atoms with van der Waals surface area (Å²) >= 11 is 0. The average molecular weight is 306 g/mol. The molecule has 2 heteroatoms. The third-order valence-electron chi connectivity index (χ3n) is 6.94. The highest BCUT2D eigenvalue weighted by Gasteiger charge is 2.57. The minimum atomic E-state index is -0.569. The maximum atomic E-state index is 11.1. The molecule has 0 bridgehead atoms. The summed E-state index contributed by atoms with van der Waals surface area (Å²) in [6.45, 7) is 11.3. The van der Waals surface area contributed by atoms with Crippen LogP contribution in [0.1, 0.15) is 79.6 Å². The topological polar surface area (TPSA) is 37.3 Å². The lowest BCUT2D eigenvalue weighted by molar-refractivity contribution is -0.168. The predicted octanol–water partition coefficient (Wildman–Crippen LogP) is 4.91. The van der Waals surface area contributed by atoms with Crippen LogP contribution in [0, 0.1) is 22.7 Å². The highest BCUT2D eigenvalue weighted by Crippen LogP contribution is 2.62. The van der Waals surface area contributed by atoms with Gasteiger partial charge in [0.2, 0.25) is 0 Å². The van der Waals surface area contributed by atoms with E-state index in [9.17, 15) is 9.90 Å². The Morgan fingerprint density at radius 3 is 2.50 bits per heavy atom. The second kappa shape index (κ2) is 6.11. The molecule has 2 fully saturated rings. The maximum absolute atomic E-state index is 11.1. The molecule has 2 aliphatic rings. The predicted molar refractivity (Wildman–Crippen MR) is 91.6 cm³/mol. The molecule has 0 saturated heterocycles. The van der Waals surface area contributed by atoms with Crippen molar-refractivity contribution in [2.75, 3.05) is 0 Å². The van der Waals surface area contributed by atoms with Gasteiger partial charge in [0.05, 0.1) is 5.60 Å². The van der Waals surface area contributed by atoms with Crippen LogP contribution in [0.25, 0.3) is 0 Å². The van der Waals surface area contributed by atoms with E-state index in [2.05, 4.69) is 20.8 Å². The molecule has 0 heterocycles. The van der Waals surface area contributed by atoms with Crippen molar-refractivity contribution in [3.8, 4) is 0 Å². The molecule has 1 N–H and O–H groups in total. The van der Waals surface area contributed by atoms with Gasteiger partial charge >= 0.3 is 0 Å². The van der Waals surface area contributed by atoms with E-state index in [1.54, 1.807) is 6.08 Å². The fourth-order valence-electron chi connectivity index (χ4n) is 5.84. The standard InChI is InChI=1S/C20H34O2/c1-15(10-14-21)7-8-17-19(4)12-6-11-18(2,3)16(19)9-13-20(17,5)22/h10,14,16-17,22H,6-9,11-13H2,1-5H3/b15-10+/t16?,17-,19+,20+/m1/s1. The Labute approximate surface area is 136 Å². The first-order chi connectivity index (χ1) is 10.1. The summed E-state index contributed by atoms with van der Waals surface area (Å²) in [5, 5.41) is 11.1. The second-order valence-corrected chi connectivity index (χ2v) is 9.04. The van der Waals surface area contributed by atoms with Gasteiger partial charge in [-0.2, -0.15) is 0 Å². The minimum Gasteiger partial charge on any atom is -0.390 e. The molecule has 126 valence electrons. The monoisotopic (exact) mass is 306 g/mol. The van der Waals surface area contributed by atoms with Gasteiger partial charge in [-0.25, -0.2) is 0 Å². The number of rotatable bonds is 4. The second-order valence-electron chi connectivity index (χ2n) is 9.04. The molecule has 0 aromatic carbocycles. The van der Waals surface area contributed by atoms with Crippen LogP contribution in [0.3, 0.4) is 0 Å². The fraction of sp³-hybridized carbons (Fsp3) is 0.850. The summed E-state index contributed by atoms with van der Waals surface area (Å²) < 4.78 is 0. The Morgan fingerprint density at radius 1 is 1.18 bits per heavy atom. The van der Waals surface area contributed by atoms with Gasteiger partial charge < -0.3 is 5.11 Å². The minimum absolute atomic E-state index is 0.227. The van der Waals surface area contributed by atoms with Crippen molar-refractivity contribution in [1.82, 2.24) is 0 Å². The summed E-state index contributed by atoms with van der Waals surface area (Å²) in [6, 6.07) is 0. The van der Waals surface area contributed by atoms with Crippen LogP contribution >= 0.6 is 0 Å². The van der Waals surface area contributed by atoms with Crippen LogP contribution in [0.5, 0.6) is 0 Å². The molecule has 0 aromatic heterocycles. The van der Waals surface area contributed by atoms with E-state index in [1.807, 2.05) is 13.8 Å². The average Bonchev–Trinajstić information content (AvgIpc) is 2.36. The quantitative estimate of drug-likeness (QED) is 0.592. The summed E-state index contributed by atoms with van der Waals surface area (Å²) in [5.41, 5.74) is 1.17. The largest absolute Gasteiger partial charge is 0.390 e. The molecule has 2 saturated carbocycles. The lowest BCUT2D eigenvalue weighted by atomic mass is 9.45. The molecule has 4 atom stereocenters. The van der Waals surface area contributed by atoms with Crippen molar-refractivity contribution in [1.29, 1.82) is 0 Å². The lowest BCUT2D eigenvalue weighted by Gasteiger charge is -2.61. The zero-order chi connectivity index (χ0) is 16.6. The summed E-state index contributed by atoms with van der Waals surface area (Å²) in [4.78, 5) is 10.6. The highest BCUT2D eigenvalue weighted by atomic mass is 16.3. The number of hydrogen-bond acceptors (Lipinski definition) is 2. The number of carbonyl (C=O) groups is 1. The smallest absolute Gasteiger partial charge is 0.142 e. The zero-order valence-electron chi connectivity index (χ0n) is 15.1. The number of hydrogen-bond donors (Lipinski definition) is 1. The van der Waals surface area contributed by atoms with Crippen LogP contribution in [0.2, 0.25) is 0 Å². The third kappa shape index (κ3) is 3.18. The number of carbonyl (C=O) groups excluding carboxylic acids is 1. The van der Waals surface area contributed by atoms with Crippen molar-refractivity contribution in [3.63, 3.8) is 0 Å². The Kier molecular flexibility index (Phi) is 4.92. The highest BCUT2D eigenvalue weighted by molar-refractivity contribution is 5.65. The van der Waals surface area contributed by atoms with Crippen LogP contribution in [-0.4, -0.2) is 17.0 Å². The molecule has 0 spiro atoms. The first-order valence-electron chi connectivity index (χ1n) is 8.97. The number of allylic oxidation sites excluding steroid dienone is 2. The third-order valence-corrected chi connectivity index (χ3v) is 6.94. The van der Waals surface area contributed by atoms with Crippen molar-refractivity contribution in [2.45, 2.75) is 85.2 Å². The first kappa shape index (κ1) is 17.7. The molecular formula is C20H34O2. The Balaban J connectivity index is 2.26. The molecule has 0 radical (unpaired) electrons. The van der Waals surface area contributed by atoms with Gasteiger partial charge in [-0.3, -0.25) is 4.79 Å². The maximum Gasteiger partial charge on any atom is 0.142 e. The van der Waals surface area contributed by atoms with Crippen LogP contribution < -0.4 is 0 Å². The van der Waals surface area contributed by atoms with Crippen LogP contribution in [0.15, 0.2) is 11.6 Å². The summed E-state index contributed by atoms with van der Waals surface area (Å²) in [7, 11) is 0. The summed E-state index contributed by atoms with van der Waals surface area (Å²) in [6.07, 6.45) is 10.3. The molecule has 2 nitrogen and oxygen atoms in total. The molecule has 22 heavy (non-hydrogen) atoms. The van der Waals surface area contributed by atoms with Crippen molar-refractivity contribution < 1.29 is 9.90 Å².